The molecule has 0 amide bonds. The van der Waals surface area contributed by atoms with E-state index in [-0.39, 0.29) is 40.0 Å². The molecule has 3 aliphatic heterocycles. The van der Waals surface area contributed by atoms with Crippen LogP contribution in [0.1, 0.15) is 57.4 Å². The van der Waals surface area contributed by atoms with Gasteiger partial charge in [0, 0.05) is 18.7 Å². The van der Waals surface area contributed by atoms with Gasteiger partial charge in [-0.3, -0.25) is 4.90 Å². The number of methoxy groups -OCH3 is 1. The topological polar surface area (TPSA) is 83.8 Å². The number of fused-ring (bicyclic) bond motifs is 3. The van der Waals surface area contributed by atoms with Gasteiger partial charge in [0.05, 0.1) is 12.6 Å². The van der Waals surface area contributed by atoms with E-state index < -0.39 is 11.6 Å². The molecule has 0 bridgehead atoms. The lowest BCUT2D eigenvalue weighted by Gasteiger charge is -2.32. The maximum atomic E-state index is 16.9. The lowest BCUT2D eigenvalue weighted by Crippen LogP contribution is -2.43. The highest BCUT2D eigenvalue weighted by Crippen LogP contribution is 2.43. The largest absolute Gasteiger partial charge is 0.508 e. The summed E-state index contributed by atoms with van der Waals surface area (Å²) in [5, 5.41) is 12.1. The zero-order valence-electron chi connectivity index (χ0n) is 24.8. The van der Waals surface area contributed by atoms with Crippen LogP contribution in [0.2, 0.25) is 0 Å². The fraction of sp³-hybridized carbons (Fsp3) is 0.485. The van der Waals surface area contributed by atoms with Gasteiger partial charge in [0.2, 0.25) is 5.88 Å². The van der Waals surface area contributed by atoms with Crippen LogP contribution < -0.4 is 14.4 Å². The minimum Gasteiger partial charge on any atom is -0.508 e. The van der Waals surface area contributed by atoms with Crippen molar-refractivity contribution in [2.45, 2.75) is 63.8 Å². The van der Waals surface area contributed by atoms with Crippen LogP contribution in [0.5, 0.6) is 17.6 Å². The van der Waals surface area contributed by atoms with Gasteiger partial charge in [-0.15, -0.1) is 0 Å². The molecule has 2 aromatic carbocycles. The maximum Gasteiger partial charge on any atom is 0.319 e. The molecule has 2 aromatic heterocycles. The molecule has 10 heteroatoms. The number of aryl methyl sites for hydroxylation is 1. The summed E-state index contributed by atoms with van der Waals surface area (Å²) >= 11 is 0. The van der Waals surface area contributed by atoms with Crippen molar-refractivity contribution in [1.29, 1.82) is 0 Å². The van der Waals surface area contributed by atoms with Crippen molar-refractivity contribution in [3.8, 4) is 28.9 Å². The minimum atomic E-state index is -0.693. The van der Waals surface area contributed by atoms with Crippen LogP contribution in [0.15, 0.2) is 24.3 Å². The average Bonchev–Trinajstić information content (AvgIpc) is 3.61. The van der Waals surface area contributed by atoms with Crippen molar-refractivity contribution in [2.24, 2.45) is 0 Å². The number of nitrogens with zero attached hydrogens (tertiary/aromatic N) is 5. The molecular formula is C33H37F2N5O3. The average molecular weight is 590 g/mol. The molecule has 3 aliphatic rings. The van der Waals surface area contributed by atoms with Gasteiger partial charge in [0.1, 0.15) is 40.6 Å². The van der Waals surface area contributed by atoms with Crippen molar-refractivity contribution >= 4 is 27.5 Å². The zero-order chi connectivity index (χ0) is 29.7. The Morgan fingerprint density at radius 2 is 1.70 bits per heavy atom. The number of aromatic hydroxyl groups is 1. The quantitative estimate of drug-likeness (QED) is 0.265. The van der Waals surface area contributed by atoms with Crippen LogP contribution in [0.4, 0.5) is 14.6 Å². The van der Waals surface area contributed by atoms with Crippen molar-refractivity contribution in [3.05, 3.63) is 41.5 Å². The first-order valence-electron chi connectivity index (χ1n) is 15.4. The Hall–Kier alpha value is -3.79. The summed E-state index contributed by atoms with van der Waals surface area (Å²) in [6.45, 7) is 5.97. The number of halogens is 2. The predicted octanol–water partition coefficient (Wildman–Crippen LogP) is 6.40. The molecule has 0 spiro atoms. The van der Waals surface area contributed by atoms with Crippen molar-refractivity contribution < 1.29 is 23.4 Å². The molecule has 0 saturated carbocycles. The van der Waals surface area contributed by atoms with Crippen molar-refractivity contribution in [1.82, 2.24) is 19.9 Å². The Morgan fingerprint density at radius 3 is 2.42 bits per heavy atom. The van der Waals surface area contributed by atoms with Gasteiger partial charge in [-0.25, -0.2) is 13.8 Å². The summed E-state index contributed by atoms with van der Waals surface area (Å²) in [6.07, 6.45) is 7.91. The molecule has 8 nitrogen and oxygen atoms in total. The van der Waals surface area contributed by atoms with Crippen LogP contribution in [-0.4, -0.2) is 70.4 Å². The first kappa shape index (κ1) is 28.0. The third kappa shape index (κ3) is 4.70. The Morgan fingerprint density at radius 1 is 0.930 bits per heavy atom. The summed E-state index contributed by atoms with van der Waals surface area (Å²) < 4.78 is 44.0. The lowest BCUT2D eigenvalue weighted by atomic mass is 9.94. The number of pyridine rings is 1. The Bertz CT molecular complexity index is 1700. The molecule has 3 fully saturated rings. The number of phenols is 1. The Kier molecular flexibility index (Phi) is 7.19. The highest BCUT2D eigenvalue weighted by atomic mass is 19.1. The van der Waals surface area contributed by atoms with E-state index in [9.17, 15) is 9.50 Å². The number of ether oxygens (including phenoxy) is 2. The molecule has 4 aromatic rings. The van der Waals surface area contributed by atoms with Crippen molar-refractivity contribution in [2.75, 3.05) is 44.8 Å². The standard InChI is InChI=1S/C33H37F2N5O3/c1-3-22-24(34)10-9-20-17-21(41)18-23(25(20)22)28-27(35)29-26(31(36-28)42-2)30(39-13-5-4-6-14-39)38-32(37-29)43-19-33-11-7-15-40(33)16-8-12-33/h9-10,17-18,41H,3-8,11-16,19H2,1-2H3. The normalized spacial score (nSPS) is 18.5. The van der Waals surface area contributed by atoms with Gasteiger partial charge in [0.15, 0.2) is 5.82 Å². The third-order valence-corrected chi connectivity index (χ3v) is 9.60. The number of aromatic nitrogens is 3. The molecule has 43 heavy (non-hydrogen) atoms. The molecule has 0 unspecified atom stereocenters. The van der Waals surface area contributed by atoms with Gasteiger partial charge in [-0.05, 0) is 99.0 Å². The maximum absolute atomic E-state index is 16.9. The molecule has 0 radical (unpaired) electrons. The van der Waals surface area contributed by atoms with Crippen LogP contribution in [0, 0.1) is 11.6 Å². The molecule has 226 valence electrons. The number of phenolic OH excluding ortho intramolecular Hbond substituents is 1. The molecule has 5 heterocycles. The predicted molar refractivity (Wildman–Crippen MR) is 162 cm³/mol. The molecule has 0 atom stereocenters. The van der Waals surface area contributed by atoms with Crippen LogP contribution in [-0.2, 0) is 6.42 Å². The van der Waals surface area contributed by atoms with Gasteiger partial charge in [0.25, 0.3) is 0 Å². The number of anilines is 1. The van der Waals surface area contributed by atoms with Crippen LogP contribution in [0.25, 0.3) is 32.9 Å². The van der Waals surface area contributed by atoms with E-state index in [4.69, 9.17) is 14.5 Å². The molecule has 7 rings (SSSR count). The Balaban J connectivity index is 1.43. The highest BCUT2D eigenvalue weighted by Gasteiger charge is 2.45. The molecular weight excluding hydrogens is 552 g/mol. The van der Waals surface area contributed by atoms with Crippen LogP contribution in [0.3, 0.4) is 0 Å². The van der Waals surface area contributed by atoms with E-state index in [1.807, 2.05) is 6.92 Å². The van der Waals surface area contributed by atoms with E-state index in [2.05, 4.69) is 19.8 Å². The SMILES string of the molecule is CCc1c(F)ccc2cc(O)cc(-c3nc(OC)c4c(N5CCCCC5)nc(OCC56CCCN5CCC6)nc4c3F)c12. The van der Waals surface area contributed by atoms with Gasteiger partial charge in [-0.2, -0.15) is 9.97 Å². The fourth-order valence-electron chi connectivity index (χ4n) is 7.52. The van der Waals surface area contributed by atoms with E-state index in [0.717, 1.165) is 71.1 Å². The molecule has 1 N–H and O–H groups in total. The van der Waals surface area contributed by atoms with Gasteiger partial charge in [-0.1, -0.05) is 13.0 Å². The van der Waals surface area contributed by atoms with E-state index in [0.29, 0.717) is 40.6 Å². The summed E-state index contributed by atoms with van der Waals surface area (Å²) in [6, 6.07) is 6.05. The highest BCUT2D eigenvalue weighted by molar-refractivity contribution is 6.03. The van der Waals surface area contributed by atoms with Gasteiger partial charge >= 0.3 is 6.01 Å². The molecule has 0 aliphatic carbocycles. The first-order valence-corrected chi connectivity index (χ1v) is 15.4. The summed E-state index contributed by atoms with van der Waals surface area (Å²) in [7, 11) is 1.49. The molecule has 3 saturated heterocycles. The summed E-state index contributed by atoms with van der Waals surface area (Å²) in [5.41, 5.74) is 0.632. The monoisotopic (exact) mass is 589 g/mol. The number of hydrogen-bond acceptors (Lipinski definition) is 8. The number of benzene rings is 2. The summed E-state index contributed by atoms with van der Waals surface area (Å²) in [5.74, 6) is -0.452. The van der Waals surface area contributed by atoms with Gasteiger partial charge < -0.3 is 19.5 Å². The second-order valence-electron chi connectivity index (χ2n) is 12.1. The third-order valence-electron chi connectivity index (χ3n) is 9.60. The zero-order valence-corrected chi connectivity index (χ0v) is 24.8. The van der Waals surface area contributed by atoms with Crippen LogP contribution >= 0.6 is 0 Å². The number of hydrogen-bond donors (Lipinski definition) is 1. The van der Waals surface area contributed by atoms with E-state index in [1.54, 1.807) is 12.1 Å². The second kappa shape index (κ2) is 11.0. The first-order chi connectivity index (χ1) is 20.9. The van der Waals surface area contributed by atoms with E-state index in [1.165, 1.54) is 19.2 Å². The summed E-state index contributed by atoms with van der Waals surface area (Å²) in [4.78, 5) is 18.8. The lowest BCUT2D eigenvalue weighted by molar-refractivity contribution is 0.108. The number of piperidine rings is 1. The van der Waals surface area contributed by atoms with Crippen molar-refractivity contribution in [3.63, 3.8) is 0 Å². The second-order valence-corrected chi connectivity index (χ2v) is 12.1. The van der Waals surface area contributed by atoms with E-state index >= 15 is 4.39 Å². The smallest absolute Gasteiger partial charge is 0.319 e. The minimum absolute atomic E-state index is 0.0235. The number of rotatable bonds is 7. The Labute approximate surface area is 249 Å². The fourth-order valence-corrected chi connectivity index (χ4v) is 7.52.